The van der Waals surface area contributed by atoms with Crippen LogP contribution in [0, 0.1) is 0 Å². The fourth-order valence-electron chi connectivity index (χ4n) is 3.74. The molecule has 0 bridgehead atoms. The molecule has 1 saturated heterocycles. The molecule has 2 aromatic rings. The Hall–Kier alpha value is -3.13. The lowest BCUT2D eigenvalue weighted by Gasteiger charge is -2.35. The summed E-state index contributed by atoms with van der Waals surface area (Å²) in [6.07, 6.45) is 0. The molecular weight excluding hydrogens is 400 g/mol. The molecule has 1 heterocycles. The van der Waals surface area contributed by atoms with E-state index in [1.807, 2.05) is 23.1 Å². The van der Waals surface area contributed by atoms with Crippen molar-refractivity contribution in [1.29, 1.82) is 0 Å². The van der Waals surface area contributed by atoms with Gasteiger partial charge in [0.2, 0.25) is 5.75 Å². The first-order valence-electron chi connectivity index (χ1n) is 10.1. The Kier molecular flexibility index (Phi) is 7.46. The second-order valence-electron chi connectivity index (χ2n) is 7.16. The Morgan fingerprint density at radius 1 is 0.774 bits per heavy atom. The molecular formula is C23H30N2O6. The molecule has 8 nitrogen and oxygen atoms in total. The fourth-order valence-corrected chi connectivity index (χ4v) is 3.74. The van der Waals surface area contributed by atoms with E-state index in [0.29, 0.717) is 35.9 Å². The topological polar surface area (TPSA) is 69.7 Å². The summed E-state index contributed by atoms with van der Waals surface area (Å²) in [5.41, 5.74) is 1.57. The van der Waals surface area contributed by atoms with Crippen LogP contribution < -0.4 is 23.7 Å². The van der Waals surface area contributed by atoms with Gasteiger partial charge in [0.15, 0.2) is 11.5 Å². The zero-order valence-electron chi connectivity index (χ0n) is 18.8. The number of hydrogen-bond donors (Lipinski definition) is 0. The van der Waals surface area contributed by atoms with Crippen molar-refractivity contribution in [1.82, 2.24) is 9.80 Å². The van der Waals surface area contributed by atoms with E-state index >= 15 is 0 Å². The Balaban J connectivity index is 1.68. The standard InChI is InChI=1S/C23H30N2O6/c1-27-18-6-7-19(28-2)17(12-18)15-24-8-10-25(11-9-24)23(26)16-13-20(29-3)22(31-5)21(14-16)30-4/h6-7,12-14H,8-11,15H2,1-5H3. The number of nitrogens with zero attached hydrogens (tertiary/aromatic N) is 2. The van der Waals surface area contributed by atoms with Crippen LogP contribution >= 0.6 is 0 Å². The minimum absolute atomic E-state index is 0.0575. The van der Waals surface area contributed by atoms with Crippen LogP contribution in [0.2, 0.25) is 0 Å². The van der Waals surface area contributed by atoms with Gasteiger partial charge in [-0.1, -0.05) is 0 Å². The zero-order valence-corrected chi connectivity index (χ0v) is 18.8. The van der Waals surface area contributed by atoms with E-state index in [9.17, 15) is 4.79 Å². The van der Waals surface area contributed by atoms with Gasteiger partial charge in [0, 0.05) is 43.9 Å². The third-order valence-electron chi connectivity index (χ3n) is 5.45. The van der Waals surface area contributed by atoms with Gasteiger partial charge in [-0.05, 0) is 30.3 Å². The van der Waals surface area contributed by atoms with E-state index in [1.54, 1.807) is 33.5 Å². The maximum atomic E-state index is 13.1. The highest BCUT2D eigenvalue weighted by atomic mass is 16.5. The summed E-state index contributed by atoms with van der Waals surface area (Å²) >= 11 is 0. The highest BCUT2D eigenvalue weighted by molar-refractivity contribution is 5.95. The predicted octanol–water partition coefficient (Wildman–Crippen LogP) is 2.69. The van der Waals surface area contributed by atoms with Crippen LogP contribution in [0.25, 0.3) is 0 Å². The molecule has 0 radical (unpaired) electrons. The lowest BCUT2D eigenvalue weighted by molar-refractivity contribution is 0.0626. The molecule has 1 aliphatic rings. The summed E-state index contributed by atoms with van der Waals surface area (Å²) in [6.45, 7) is 3.50. The number of piperazine rings is 1. The predicted molar refractivity (Wildman–Crippen MR) is 117 cm³/mol. The first-order chi connectivity index (χ1) is 15.0. The Morgan fingerprint density at radius 3 is 1.90 bits per heavy atom. The second-order valence-corrected chi connectivity index (χ2v) is 7.16. The molecule has 0 spiro atoms. The molecule has 0 aliphatic carbocycles. The molecule has 0 N–H and O–H groups in total. The van der Waals surface area contributed by atoms with Crippen molar-refractivity contribution < 1.29 is 28.5 Å². The number of carbonyl (C=O) groups is 1. The summed E-state index contributed by atoms with van der Waals surface area (Å²) in [6, 6.07) is 9.18. The molecule has 1 fully saturated rings. The van der Waals surface area contributed by atoms with Crippen molar-refractivity contribution in [3.8, 4) is 28.7 Å². The van der Waals surface area contributed by atoms with Crippen molar-refractivity contribution in [2.75, 3.05) is 61.7 Å². The van der Waals surface area contributed by atoms with E-state index in [1.165, 1.54) is 14.2 Å². The van der Waals surface area contributed by atoms with Crippen LogP contribution in [0.4, 0.5) is 0 Å². The zero-order chi connectivity index (χ0) is 22.4. The molecule has 0 atom stereocenters. The van der Waals surface area contributed by atoms with Crippen LogP contribution in [0.3, 0.4) is 0 Å². The minimum Gasteiger partial charge on any atom is -0.497 e. The number of carbonyl (C=O) groups excluding carboxylic acids is 1. The van der Waals surface area contributed by atoms with Crippen molar-refractivity contribution in [3.05, 3.63) is 41.5 Å². The number of hydrogen-bond acceptors (Lipinski definition) is 7. The van der Waals surface area contributed by atoms with Crippen LogP contribution in [-0.4, -0.2) is 77.4 Å². The normalized spacial score (nSPS) is 14.2. The van der Waals surface area contributed by atoms with Crippen LogP contribution in [0.15, 0.2) is 30.3 Å². The molecule has 1 amide bonds. The quantitative estimate of drug-likeness (QED) is 0.638. The summed E-state index contributed by atoms with van der Waals surface area (Å²) in [4.78, 5) is 17.3. The van der Waals surface area contributed by atoms with E-state index in [0.717, 1.165) is 36.7 Å². The van der Waals surface area contributed by atoms with Crippen molar-refractivity contribution in [2.24, 2.45) is 0 Å². The monoisotopic (exact) mass is 430 g/mol. The number of amides is 1. The summed E-state index contributed by atoms with van der Waals surface area (Å²) in [5, 5.41) is 0. The highest BCUT2D eigenvalue weighted by Crippen LogP contribution is 2.38. The number of benzene rings is 2. The molecule has 168 valence electrons. The summed E-state index contributed by atoms with van der Waals surface area (Å²) in [5.74, 6) is 2.98. The summed E-state index contributed by atoms with van der Waals surface area (Å²) in [7, 11) is 7.94. The van der Waals surface area contributed by atoms with Gasteiger partial charge in [-0.25, -0.2) is 0 Å². The molecule has 3 rings (SSSR count). The van der Waals surface area contributed by atoms with Gasteiger partial charge in [-0.2, -0.15) is 0 Å². The van der Waals surface area contributed by atoms with E-state index < -0.39 is 0 Å². The Morgan fingerprint density at radius 2 is 1.39 bits per heavy atom. The lowest BCUT2D eigenvalue weighted by atomic mass is 10.1. The molecule has 1 aliphatic heterocycles. The van der Waals surface area contributed by atoms with Gasteiger partial charge in [0.25, 0.3) is 5.91 Å². The first-order valence-corrected chi connectivity index (χ1v) is 10.1. The van der Waals surface area contributed by atoms with Crippen molar-refractivity contribution in [3.63, 3.8) is 0 Å². The molecule has 0 saturated carbocycles. The van der Waals surface area contributed by atoms with Gasteiger partial charge >= 0.3 is 0 Å². The maximum Gasteiger partial charge on any atom is 0.254 e. The molecule has 8 heteroatoms. The third-order valence-corrected chi connectivity index (χ3v) is 5.45. The third kappa shape index (κ3) is 4.96. The Labute approximate surface area is 183 Å². The summed E-state index contributed by atoms with van der Waals surface area (Å²) < 4.78 is 26.9. The van der Waals surface area contributed by atoms with Crippen LogP contribution in [-0.2, 0) is 6.54 Å². The maximum absolute atomic E-state index is 13.1. The first kappa shape index (κ1) is 22.6. The van der Waals surface area contributed by atoms with E-state index in [2.05, 4.69) is 4.90 Å². The number of ether oxygens (including phenoxy) is 5. The van der Waals surface area contributed by atoms with Gasteiger partial charge < -0.3 is 28.6 Å². The minimum atomic E-state index is -0.0575. The molecule has 2 aromatic carbocycles. The average Bonchev–Trinajstić information content (AvgIpc) is 2.82. The average molecular weight is 431 g/mol. The van der Waals surface area contributed by atoms with Crippen LogP contribution in [0.5, 0.6) is 28.7 Å². The number of rotatable bonds is 8. The van der Waals surface area contributed by atoms with Gasteiger partial charge in [0.1, 0.15) is 11.5 Å². The lowest BCUT2D eigenvalue weighted by Crippen LogP contribution is -2.48. The largest absolute Gasteiger partial charge is 0.497 e. The van der Waals surface area contributed by atoms with E-state index in [4.69, 9.17) is 23.7 Å². The van der Waals surface area contributed by atoms with Crippen molar-refractivity contribution >= 4 is 5.91 Å². The van der Waals surface area contributed by atoms with Gasteiger partial charge in [0.05, 0.1) is 35.5 Å². The second kappa shape index (κ2) is 10.3. The molecule has 31 heavy (non-hydrogen) atoms. The fraction of sp³-hybridized carbons (Fsp3) is 0.435. The molecule has 0 unspecified atom stereocenters. The van der Waals surface area contributed by atoms with Gasteiger partial charge in [-0.3, -0.25) is 9.69 Å². The smallest absolute Gasteiger partial charge is 0.254 e. The SMILES string of the molecule is COc1ccc(OC)c(CN2CCN(C(=O)c3cc(OC)c(OC)c(OC)c3)CC2)c1. The van der Waals surface area contributed by atoms with Crippen LogP contribution in [0.1, 0.15) is 15.9 Å². The molecule has 0 aromatic heterocycles. The highest BCUT2D eigenvalue weighted by Gasteiger charge is 2.25. The number of methoxy groups -OCH3 is 5. The Bertz CT molecular complexity index is 884. The van der Waals surface area contributed by atoms with E-state index in [-0.39, 0.29) is 5.91 Å². The van der Waals surface area contributed by atoms with Gasteiger partial charge in [-0.15, -0.1) is 0 Å². The van der Waals surface area contributed by atoms with Crippen molar-refractivity contribution in [2.45, 2.75) is 6.54 Å².